The van der Waals surface area contributed by atoms with Crippen LogP contribution in [-0.2, 0) is 0 Å². The molecule has 3 aliphatic rings. The summed E-state index contributed by atoms with van der Waals surface area (Å²) in [5, 5.41) is 0. The smallest absolute Gasteiger partial charge is 0.0383 e. The lowest BCUT2D eigenvalue weighted by atomic mass is 9.83. The molecular weight excluding hydrogens is 96.1 g/mol. The van der Waals surface area contributed by atoms with Gasteiger partial charge in [-0.1, -0.05) is 14.4 Å². The standard InChI is InChI=1S/C7H12.CH4/c1-5-2-6-3-7(5)4-6;/h5-7H,2-4H2,1H3;1H4. The summed E-state index contributed by atoms with van der Waals surface area (Å²) in [5.74, 6) is 3.41. The summed E-state index contributed by atoms with van der Waals surface area (Å²) in [6.07, 6.45) is 4.69. The molecule has 3 rings (SSSR count). The summed E-state index contributed by atoms with van der Waals surface area (Å²) in [6.45, 7) is 2.40. The molecule has 0 aromatic carbocycles. The molecule has 3 aliphatic carbocycles. The molecule has 0 heteroatoms. The van der Waals surface area contributed by atoms with E-state index in [0.717, 1.165) is 11.8 Å². The molecule has 0 N–H and O–H groups in total. The first kappa shape index (κ1) is 6.12. The highest BCUT2D eigenvalue weighted by Gasteiger charge is 2.41. The molecule has 2 bridgehead atoms. The van der Waals surface area contributed by atoms with E-state index in [1.54, 1.807) is 19.3 Å². The first-order valence-corrected chi connectivity index (χ1v) is 3.36. The second-order valence-corrected chi connectivity index (χ2v) is 3.31. The van der Waals surface area contributed by atoms with Gasteiger partial charge in [-0.2, -0.15) is 0 Å². The van der Waals surface area contributed by atoms with Crippen molar-refractivity contribution in [2.24, 2.45) is 17.8 Å². The zero-order valence-corrected chi connectivity index (χ0v) is 4.85. The van der Waals surface area contributed by atoms with Crippen LogP contribution in [0.15, 0.2) is 0 Å². The van der Waals surface area contributed by atoms with Crippen LogP contribution in [0.5, 0.6) is 0 Å². The Morgan fingerprint density at radius 3 is 1.88 bits per heavy atom. The highest BCUT2D eigenvalue weighted by atomic mass is 14.5. The van der Waals surface area contributed by atoms with Crippen molar-refractivity contribution in [3.8, 4) is 0 Å². The maximum Gasteiger partial charge on any atom is -0.0383 e. The molecule has 1 unspecified atom stereocenters. The van der Waals surface area contributed by atoms with Crippen molar-refractivity contribution in [1.82, 2.24) is 0 Å². The second kappa shape index (κ2) is 1.75. The lowest BCUT2D eigenvalue weighted by Gasteiger charge is -2.23. The van der Waals surface area contributed by atoms with Crippen LogP contribution in [0.2, 0.25) is 0 Å². The third-order valence-corrected chi connectivity index (χ3v) is 2.78. The van der Waals surface area contributed by atoms with E-state index in [1.165, 1.54) is 5.92 Å². The van der Waals surface area contributed by atoms with Crippen molar-refractivity contribution in [2.75, 3.05) is 0 Å². The summed E-state index contributed by atoms with van der Waals surface area (Å²) in [7, 11) is 0. The molecule has 0 amide bonds. The number of hydrogen-bond donors (Lipinski definition) is 0. The maximum absolute atomic E-state index is 2.40. The fraction of sp³-hybridized carbons (Fsp3) is 1.00. The molecule has 3 saturated carbocycles. The first-order chi connectivity index (χ1) is 3.36. The Balaban J connectivity index is 0.000000320. The van der Waals surface area contributed by atoms with Crippen molar-refractivity contribution in [1.29, 1.82) is 0 Å². The van der Waals surface area contributed by atoms with Crippen LogP contribution in [0.1, 0.15) is 33.6 Å². The van der Waals surface area contributed by atoms with E-state index in [0.29, 0.717) is 0 Å². The molecule has 0 aliphatic heterocycles. The highest BCUT2D eigenvalue weighted by Crippen LogP contribution is 2.51. The fourth-order valence-electron chi connectivity index (χ4n) is 2.16. The summed E-state index contributed by atoms with van der Waals surface area (Å²) < 4.78 is 0. The van der Waals surface area contributed by atoms with E-state index < -0.39 is 0 Å². The van der Waals surface area contributed by atoms with E-state index in [4.69, 9.17) is 0 Å². The van der Waals surface area contributed by atoms with Crippen LogP contribution in [0.3, 0.4) is 0 Å². The molecule has 3 fully saturated rings. The normalized spacial score (nSPS) is 49.9. The van der Waals surface area contributed by atoms with Gasteiger partial charge >= 0.3 is 0 Å². The summed E-state index contributed by atoms with van der Waals surface area (Å²) in [6, 6.07) is 0. The fourth-order valence-corrected chi connectivity index (χ4v) is 2.16. The molecule has 0 aromatic heterocycles. The number of rotatable bonds is 0. The SMILES string of the molecule is C.CC1CC2CC1C2. The largest absolute Gasteiger partial charge is 0.0776 e. The minimum atomic E-state index is 0. The van der Waals surface area contributed by atoms with Gasteiger partial charge in [0.05, 0.1) is 0 Å². The lowest BCUT2D eigenvalue weighted by Crippen LogP contribution is -2.12. The van der Waals surface area contributed by atoms with Crippen LogP contribution >= 0.6 is 0 Å². The van der Waals surface area contributed by atoms with E-state index in [1.807, 2.05) is 0 Å². The van der Waals surface area contributed by atoms with Crippen LogP contribution in [0, 0.1) is 17.8 Å². The predicted molar refractivity (Wildman–Crippen MR) is 36.7 cm³/mol. The molecule has 0 saturated heterocycles. The van der Waals surface area contributed by atoms with Crippen molar-refractivity contribution >= 4 is 0 Å². The maximum atomic E-state index is 2.40. The Kier molecular flexibility index (Phi) is 1.34. The van der Waals surface area contributed by atoms with Crippen LogP contribution in [-0.4, -0.2) is 0 Å². The molecule has 8 heavy (non-hydrogen) atoms. The molecule has 1 atom stereocenters. The van der Waals surface area contributed by atoms with Gasteiger partial charge in [-0.05, 0) is 37.0 Å². The van der Waals surface area contributed by atoms with Gasteiger partial charge in [0.25, 0.3) is 0 Å². The Labute approximate surface area is 52.3 Å². The monoisotopic (exact) mass is 112 g/mol. The Hall–Kier alpha value is 0. The van der Waals surface area contributed by atoms with Gasteiger partial charge in [-0.15, -0.1) is 0 Å². The van der Waals surface area contributed by atoms with Crippen LogP contribution in [0.25, 0.3) is 0 Å². The molecule has 0 spiro atoms. The second-order valence-electron chi connectivity index (χ2n) is 3.31. The molecular formula is C8H16. The Bertz CT molecular complexity index is 80.0. The van der Waals surface area contributed by atoms with Gasteiger partial charge in [0, 0.05) is 0 Å². The third-order valence-electron chi connectivity index (χ3n) is 2.78. The van der Waals surface area contributed by atoms with Crippen molar-refractivity contribution in [2.45, 2.75) is 33.6 Å². The lowest BCUT2D eigenvalue weighted by molar-refractivity contribution is 0.281. The predicted octanol–water partition coefficient (Wildman–Crippen LogP) is 2.69. The van der Waals surface area contributed by atoms with E-state index in [2.05, 4.69) is 6.92 Å². The van der Waals surface area contributed by atoms with E-state index in [-0.39, 0.29) is 7.43 Å². The molecule has 48 valence electrons. The quantitative estimate of drug-likeness (QED) is 0.452. The van der Waals surface area contributed by atoms with E-state index in [9.17, 15) is 0 Å². The summed E-state index contributed by atoms with van der Waals surface area (Å²) in [5.41, 5.74) is 0. The summed E-state index contributed by atoms with van der Waals surface area (Å²) >= 11 is 0. The number of fused-ring (bicyclic) bond motifs is 1. The average Bonchev–Trinajstić information content (AvgIpc) is 1.85. The minimum absolute atomic E-state index is 0. The van der Waals surface area contributed by atoms with Gasteiger partial charge in [0.15, 0.2) is 0 Å². The Morgan fingerprint density at radius 2 is 1.75 bits per heavy atom. The van der Waals surface area contributed by atoms with Crippen molar-refractivity contribution < 1.29 is 0 Å². The molecule has 0 aromatic rings. The summed E-state index contributed by atoms with van der Waals surface area (Å²) in [4.78, 5) is 0. The van der Waals surface area contributed by atoms with Crippen LogP contribution < -0.4 is 0 Å². The molecule has 0 heterocycles. The van der Waals surface area contributed by atoms with Crippen LogP contribution in [0.4, 0.5) is 0 Å². The highest BCUT2D eigenvalue weighted by molar-refractivity contribution is 4.91. The third kappa shape index (κ3) is 0.586. The molecule has 0 nitrogen and oxygen atoms in total. The topological polar surface area (TPSA) is 0 Å². The average molecular weight is 112 g/mol. The van der Waals surface area contributed by atoms with Gasteiger partial charge in [-0.3, -0.25) is 0 Å². The van der Waals surface area contributed by atoms with Gasteiger partial charge in [0.2, 0.25) is 0 Å². The first-order valence-electron chi connectivity index (χ1n) is 3.36. The van der Waals surface area contributed by atoms with Gasteiger partial charge in [0.1, 0.15) is 0 Å². The molecule has 0 radical (unpaired) electrons. The zero-order chi connectivity index (χ0) is 4.85. The van der Waals surface area contributed by atoms with Crippen molar-refractivity contribution in [3.63, 3.8) is 0 Å². The van der Waals surface area contributed by atoms with E-state index >= 15 is 0 Å². The minimum Gasteiger partial charge on any atom is -0.0776 e. The van der Waals surface area contributed by atoms with Gasteiger partial charge in [-0.25, -0.2) is 0 Å². The number of hydrogen-bond acceptors (Lipinski definition) is 0. The zero-order valence-electron chi connectivity index (χ0n) is 4.85. The van der Waals surface area contributed by atoms with Crippen molar-refractivity contribution in [3.05, 3.63) is 0 Å². The van der Waals surface area contributed by atoms with Gasteiger partial charge < -0.3 is 0 Å². The Morgan fingerprint density at radius 1 is 1.12 bits per heavy atom.